The zero-order valence-corrected chi connectivity index (χ0v) is 10.7. The molecule has 0 N–H and O–H groups in total. The summed E-state index contributed by atoms with van der Waals surface area (Å²) < 4.78 is 7.85. The zero-order valence-electron chi connectivity index (χ0n) is 7.48. The summed E-state index contributed by atoms with van der Waals surface area (Å²) >= 11 is 6.33. The van der Waals surface area contributed by atoms with E-state index in [2.05, 4.69) is 36.8 Å². The largest absolute Gasteiger partial charge is 0.452 e. The summed E-state index contributed by atoms with van der Waals surface area (Å²) in [4.78, 5) is 15.5. The first-order valence-corrected chi connectivity index (χ1v) is 5.69. The molecule has 78 valence electrons. The predicted molar refractivity (Wildman–Crippen MR) is 61.7 cm³/mol. The van der Waals surface area contributed by atoms with Crippen LogP contribution < -0.4 is 5.56 Å². The molecule has 4 nitrogen and oxygen atoms in total. The fourth-order valence-electron chi connectivity index (χ4n) is 1.14. The van der Waals surface area contributed by atoms with Gasteiger partial charge < -0.3 is 4.42 Å². The number of furan rings is 1. The molecule has 2 rings (SSSR count). The van der Waals surface area contributed by atoms with E-state index in [1.165, 1.54) is 17.1 Å². The van der Waals surface area contributed by atoms with Crippen molar-refractivity contribution in [3.63, 3.8) is 0 Å². The molecule has 15 heavy (non-hydrogen) atoms. The maximum absolute atomic E-state index is 11.6. The van der Waals surface area contributed by atoms with Crippen LogP contribution in [-0.4, -0.2) is 9.55 Å². The Bertz CT molecular complexity index is 533. The minimum absolute atomic E-state index is 0.127. The van der Waals surface area contributed by atoms with Gasteiger partial charge in [0.2, 0.25) is 0 Å². The lowest BCUT2D eigenvalue weighted by atomic mass is 10.4. The van der Waals surface area contributed by atoms with Gasteiger partial charge in [-0.2, -0.15) is 0 Å². The molecule has 0 aliphatic carbocycles. The molecular formula is C9H6Br2N2O2. The summed E-state index contributed by atoms with van der Waals surface area (Å²) in [6.45, 7) is 0.372. The minimum Gasteiger partial charge on any atom is -0.452 e. The first-order chi connectivity index (χ1) is 7.16. The van der Waals surface area contributed by atoms with Crippen LogP contribution >= 0.6 is 31.9 Å². The van der Waals surface area contributed by atoms with Crippen LogP contribution in [0.2, 0.25) is 0 Å². The van der Waals surface area contributed by atoms with Gasteiger partial charge in [-0.3, -0.25) is 9.36 Å². The maximum atomic E-state index is 11.6. The Hall–Kier alpha value is -0.880. The Morgan fingerprint density at radius 2 is 2.20 bits per heavy atom. The molecule has 0 aromatic carbocycles. The van der Waals surface area contributed by atoms with Crippen molar-refractivity contribution in [3.05, 3.63) is 49.9 Å². The van der Waals surface area contributed by atoms with Crippen LogP contribution in [0, 0.1) is 0 Å². The highest BCUT2D eigenvalue weighted by Gasteiger charge is 2.04. The second-order valence-corrected chi connectivity index (χ2v) is 4.52. The van der Waals surface area contributed by atoms with E-state index in [0.717, 1.165) is 0 Å². The number of nitrogens with zero attached hydrogens (tertiary/aromatic N) is 2. The standard InChI is InChI=1S/C9H6Br2N2O2/c10-7-3-12-5-13(9(7)14)4-6-1-2-8(11)15-6/h1-3,5H,4H2. The Morgan fingerprint density at radius 1 is 1.40 bits per heavy atom. The quantitative estimate of drug-likeness (QED) is 0.848. The van der Waals surface area contributed by atoms with E-state index >= 15 is 0 Å². The SMILES string of the molecule is O=c1c(Br)cncn1Cc1ccc(Br)o1. The Labute approximate surface area is 102 Å². The Balaban J connectivity index is 2.32. The highest BCUT2D eigenvalue weighted by molar-refractivity contribution is 9.10. The molecule has 0 bridgehead atoms. The average molecular weight is 334 g/mol. The third kappa shape index (κ3) is 2.38. The second-order valence-electron chi connectivity index (χ2n) is 2.88. The van der Waals surface area contributed by atoms with Gasteiger partial charge in [0.15, 0.2) is 4.67 Å². The molecule has 0 saturated heterocycles. The van der Waals surface area contributed by atoms with Gasteiger partial charge in [-0.1, -0.05) is 0 Å². The molecule has 0 aliphatic rings. The van der Waals surface area contributed by atoms with Gasteiger partial charge in [0.25, 0.3) is 5.56 Å². The van der Waals surface area contributed by atoms with Crippen molar-refractivity contribution < 1.29 is 4.42 Å². The van der Waals surface area contributed by atoms with E-state index in [-0.39, 0.29) is 5.56 Å². The summed E-state index contributed by atoms with van der Waals surface area (Å²) in [5.74, 6) is 0.698. The van der Waals surface area contributed by atoms with Crippen molar-refractivity contribution in [3.8, 4) is 0 Å². The van der Waals surface area contributed by atoms with Gasteiger partial charge in [-0.05, 0) is 44.0 Å². The van der Waals surface area contributed by atoms with Crippen molar-refractivity contribution in [1.82, 2.24) is 9.55 Å². The third-order valence-corrected chi connectivity index (χ3v) is 2.78. The van der Waals surface area contributed by atoms with Crippen LogP contribution in [0.25, 0.3) is 0 Å². The van der Waals surface area contributed by atoms with Crippen LogP contribution in [0.3, 0.4) is 0 Å². The molecule has 0 aliphatic heterocycles. The molecule has 0 spiro atoms. The fraction of sp³-hybridized carbons (Fsp3) is 0.111. The Morgan fingerprint density at radius 3 is 2.87 bits per heavy atom. The lowest BCUT2D eigenvalue weighted by Crippen LogP contribution is -2.20. The summed E-state index contributed by atoms with van der Waals surface area (Å²) in [5, 5.41) is 0. The lowest BCUT2D eigenvalue weighted by molar-refractivity contribution is 0.469. The normalized spacial score (nSPS) is 10.5. The molecular weight excluding hydrogens is 328 g/mol. The van der Waals surface area contributed by atoms with Gasteiger partial charge in [0.05, 0.1) is 12.9 Å². The summed E-state index contributed by atoms with van der Waals surface area (Å²) in [5.41, 5.74) is -0.127. The molecule has 0 amide bonds. The van der Waals surface area contributed by atoms with Crippen molar-refractivity contribution in [1.29, 1.82) is 0 Å². The number of hydrogen-bond acceptors (Lipinski definition) is 3. The second kappa shape index (κ2) is 4.32. The van der Waals surface area contributed by atoms with E-state index in [4.69, 9.17) is 4.42 Å². The first kappa shape index (κ1) is 10.6. The number of hydrogen-bond donors (Lipinski definition) is 0. The van der Waals surface area contributed by atoms with Crippen molar-refractivity contribution in [2.45, 2.75) is 6.54 Å². The molecule has 0 radical (unpaired) electrons. The smallest absolute Gasteiger partial charge is 0.268 e. The maximum Gasteiger partial charge on any atom is 0.268 e. The highest BCUT2D eigenvalue weighted by atomic mass is 79.9. The fourth-order valence-corrected chi connectivity index (χ4v) is 1.83. The van der Waals surface area contributed by atoms with Crippen molar-refractivity contribution in [2.24, 2.45) is 0 Å². The number of rotatable bonds is 2. The van der Waals surface area contributed by atoms with E-state index in [1.807, 2.05) is 0 Å². The van der Waals surface area contributed by atoms with E-state index in [0.29, 0.717) is 21.4 Å². The minimum atomic E-state index is -0.127. The summed E-state index contributed by atoms with van der Waals surface area (Å²) in [7, 11) is 0. The van der Waals surface area contributed by atoms with E-state index in [1.54, 1.807) is 12.1 Å². The van der Waals surface area contributed by atoms with Crippen molar-refractivity contribution in [2.75, 3.05) is 0 Å². The van der Waals surface area contributed by atoms with E-state index in [9.17, 15) is 4.79 Å². The third-order valence-electron chi connectivity index (χ3n) is 1.81. The van der Waals surface area contributed by atoms with E-state index < -0.39 is 0 Å². The predicted octanol–water partition coefficient (Wildman–Crippen LogP) is 2.41. The molecule has 0 saturated carbocycles. The van der Waals surface area contributed by atoms with Crippen molar-refractivity contribution >= 4 is 31.9 Å². The van der Waals surface area contributed by atoms with Crippen LogP contribution in [0.4, 0.5) is 0 Å². The molecule has 0 unspecified atom stereocenters. The topological polar surface area (TPSA) is 48.0 Å². The van der Waals surface area contributed by atoms with Crippen LogP contribution in [0.15, 0.2) is 43.0 Å². The van der Waals surface area contributed by atoms with Gasteiger partial charge >= 0.3 is 0 Å². The molecule has 2 aromatic rings. The molecule has 0 fully saturated rings. The zero-order chi connectivity index (χ0) is 10.8. The van der Waals surface area contributed by atoms with Crippen LogP contribution in [0.1, 0.15) is 5.76 Å². The molecule has 0 atom stereocenters. The van der Waals surface area contributed by atoms with Crippen LogP contribution in [-0.2, 0) is 6.54 Å². The summed E-state index contributed by atoms with van der Waals surface area (Å²) in [6.07, 6.45) is 2.94. The lowest BCUT2D eigenvalue weighted by Gasteiger charge is -2.01. The average Bonchev–Trinajstić information content (AvgIpc) is 2.59. The van der Waals surface area contributed by atoms with Gasteiger partial charge in [-0.15, -0.1) is 0 Å². The Kier molecular flexibility index (Phi) is 3.06. The number of halogens is 2. The first-order valence-electron chi connectivity index (χ1n) is 4.11. The monoisotopic (exact) mass is 332 g/mol. The molecule has 6 heteroatoms. The van der Waals surface area contributed by atoms with Crippen LogP contribution in [0.5, 0.6) is 0 Å². The van der Waals surface area contributed by atoms with Gasteiger partial charge in [-0.25, -0.2) is 4.98 Å². The van der Waals surface area contributed by atoms with Gasteiger partial charge in [0.1, 0.15) is 10.2 Å². The number of aromatic nitrogens is 2. The summed E-state index contributed by atoms with van der Waals surface area (Å²) in [6, 6.07) is 3.59. The van der Waals surface area contributed by atoms with Gasteiger partial charge in [0, 0.05) is 6.20 Å². The molecule has 2 heterocycles. The molecule has 2 aromatic heterocycles. The highest BCUT2D eigenvalue weighted by Crippen LogP contribution is 2.14.